The standard InChI is InChI=1S/C9H6FIN2/c10-8-4-2-1-3-6(8)7-5-12-13-9(7)11/h1-5H,(H,12,13). The zero-order valence-electron chi connectivity index (χ0n) is 6.59. The Labute approximate surface area is 88.3 Å². The molecule has 0 aliphatic heterocycles. The molecule has 2 rings (SSSR count). The average molecular weight is 288 g/mol. The smallest absolute Gasteiger partial charge is 0.131 e. The molecule has 2 nitrogen and oxygen atoms in total. The molecule has 0 saturated carbocycles. The summed E-state index contributed by atoms with van der Waals surface area (Å²) in [4.78, 5) is 0. The van der Waals surface area contributed by atoms with Crippen LogP contribution in [0.3, 0.4) is 0 Å². The Morgan fingerprint density at radius 2 is 2.00 bits per heavy atom. The Morgan fingerprint density at radius 1 is 1.23 bits per heavy atom. The van der Waals surface area contributed by atoms with E-state index >= 15 is 0 Å². The van der Waals surface area contributed by atoms with E-state index in [9.17, 15) is 4.39 Å². The fourth-order valence-corrected chi connectivity index (χ4v) is 1.71. The van der Waals surface area contributed by atoms with Crippen molar-refractivity contribution in [2.24, 2.45) is 0 Å². The lowest BCUT2D eigenvalue weighted by atomic mass is 10.1. The van der Waals surface area contributed by atoms with E-state index in [0.717, 1.165) is 9.26 Å². The number of nitrogens with zero attached hydrogens (tertiary/aromatic N) is 1. The molecule has 0 bridgehead atoms. The second kappa shape index (κ2) is 3.45. The fourth-order valence-electron chi connectivity index (χ4n) is 1.14. The Balaban J connectivity index is 2.59. The normalized spacial score (nSPS) is 10.3. The summed E-state index contributed by atoms with van der Waals surface area (Å²) >= 11 is 2.09. The highest BCUT2D eigenvalue weighted by molar-refractivity contribution is 14.1. The van der Waals surface area contributed by atoms with E-state index in [-0.39, 0.29) is 5.82 Å². The van der Waals surface area contributed by atoms with Crippen molar-refractivity contribution in [3.63, 3.8) is 0 Å². The van der Waals surface area contributed by atoms with Gasteiger partial charge in [-0.25, -0.2) is 4.39 Å². The van der Waals surface area contributed by atoms with Gasteiger partial charge in [-0.2, -0.15) is 5.10 Å². The van der Waals surface area contributed by atoms with Gasteiger partial charge in [0.2, 0.25) is 0 Å². The topological polar surface area (TPSA) is 28.7 Å². The van der Waals surface area contributed by atoms with Crippen LogP contribution in [0.4, 0.5) is 4.39 Å². The minimum Gasteiger partial charge on any atom is -0.272 e. The molecule has 0 aliphatic carbocycles. The van der Waals surface area contributed by atoms with E-state index in [1.165, 1.54) is 6.07 Å². The molecular weight excluding hydrogens is 282 g/mol. The number of aromatic nitrogens is 2. The van der Waals surface area contributed by atoms with E-state index in [4.69, 9.17) is 0 Å². The van der Waals surface area contributed by atoms with Crippen LogP contribution < -0.4 is 0 Å². The molecule has 0 spiro atoms. The summed E-state index contributed by atoms with van der Waals surface area (Å²) in [6.07, 6.45) is 1.63. The van der Waals surface area contributed by atoms with Crippen LogP contribution in [0, 0.1) is 9.52 Å². The molecule has 0 amide bonds. The first-order chi connectivity index (χ1) is 6.29. The van der Waals surface area contributed by atoms with Crippen molar-refractivity contribution in [3.05, 3.63) is 40.0 Å². The molecule has 1 aromatic heterocycles. The molecule has 66 valence electrons. The third-order valence-electron chi connectivity index (χ3n) is 1.76. The first-order valence-electron chi connectivity index (χ1n) is 3.73. The van der Waals surface area contributed by atoms with Gasteiger partial charge in [-0.15, -0.1) is 0 Å². The van der Waals surface area contributed by atoms with E-state index in [0.29, 0.717) is 5.56 Å². The minimum absolute atomic E-state index is 0.221. The van der Waals surface area contributed by atoms with Crippen LogP contribution in [-0.2, 0) is 0 Å². The maximum Gasteiger partial charge on any atom is 0.131 e. The van der Waals surface area contributed by atoms with E-state index in [1.54, 1.807) is 18.3 Å². The van der Waals surface area contributed by atoms with Crippen LogP contribution in [-0.4, -0.2) is 10.2 Å². The maximum absolute atomic E-state index is 13.3. The lowest BCUT2D eigenvalue weighted by molar-refractivity contribution is 0.631. The molecule has 0 fully saturated rings. The summed E-state index contributed by atoms with van der Waals surface area (Å²) in [5, 5.41) is 6.60. The van der Waals surface area contributed by atoms with Crippen molar-refractivity contribution in [2.75, 3.05) is 0 Å². The van der Waals surface area contributed by atoms with Crippen LogP contribution in [0.5, 0.6) is 0 Å². The van der Waals surface area contributed by atoms with Gasteiger partial charge in [0.15, 0.2) is 0 Å². The molecule has 0 saturated heterocycles. The number of nitrogens with one attached hydrogen (secondary N) is 1. The number of halogens is 2. The lowest BCUT2D eigenvalue weighted by Gasteiger charge is -1.98. The lowest BCUT2D eigenvalue weighted by Crippen LogP contribution is -1.83. The van der Waals surface area contributed by atoms with Crippen molar-refractivity contribution in [3.8, 4) is 11.1 Å². The quantitative estimate of drug-likeness (QED) is 0.803. The highest BCUT2D eigenvalue weighted by Crippen LogP contribution is 2.25. The first-order valence-corrected chi connectivity index (χ1v) is 4.80. The van der Waals surface area contributed by atoms with Crippen molar-refractivity contribution < 1.29 is 4.39 Å². The molecule has 2 aromatic rings. The largest absolute Gasteiger partial charge is 0.272 e. The van der Waals surface area contributed by atoms with Gasteiger partial charge in [0.25, 0.3) is 0 Å². The highest BCUT2D eigenvalue weighted by Gasteiger charge is 2.08. The second-order valence-electron chi connectivity index (χ2n) is 2.58. The molecule has 13 heavy (non-hydrogen) atoms. The van der Waals surface area contributed by atoms with Gasteiger partial charge in [-0.3, -0.25) is 5.10 Å². The van der Waals surface area contributed by atoms with Gasteiger partial charge >= 0.3 is 0 Å². The average Bonchev–Trinajstić information content (AvgIpc) is 2.52. The van der Waals surface area contributed by atoms with Gasteiger partial charge in [0, 0.05) is 11.1 Å². The molecule has 1 heterocycles. The summed E-state index contributed by atoms with van der Waals surface area (Å²) in [7, 11) is 0. The Morgan fingerprint density at radius 3 is 2.62 bits per heavy atom. The Kier molecular flexibility index (Phi) is 2.30. The molecule has 0 aliphatic rings. The van der Waals surface area contributed by atoms with E-state index in [1.807, 2.05) is 6.07 Å². The number of benzene rings is 1. The van der Waals surface area contributed by atoms with Crippen molar-refractivity contribution in [1.82, 2.24) is 10.2 Å². The monoisotopic (exact) mass is 288 g/mol. The predicted octanol–water partition coefficient (Wildman–Crippen LogP) is 2.82. The number of hydrogen-bond donors (Lipinski definition) is 1. The molecule has 1 aromatic carbocycles. The number of aromatic amines is 1. The van der Waals surface area contributed by atoms with Crippen LogP contribution in [0.2, 0.25) is 0 Å². The zero-order valence-corrected chi connectivity index (χ0v) is 8.75. The highest BCUT2D eigenvalue weighted by atomic mass is 127. The molecule has 0 atom stereocenters. The third kappa shape index (κ3) is 1.58. The molecule has 4 heteroatoms. The van der Waals surface area contributed by atoms with Crippen molar-refractivity contribution in [1.29, 1.82) is 0 Å². The van der Waals surface area contributed by atoms with Crippen LogP contribution in [0.1, 0.15) is 0 Å². The van der Waals surface area contributed by atoms with Gasteiger partial charge in [-0.1, -0.05) is 18.2 Å². The van der Waals surface area contributed by atoms with Crippen LogP contribution >= 0.6 is 22.6 Å². The third-order valence-corrected chi connectivity index (χ3v) is 2.58. The summed E-state index contributed by atoms with van der Waals surface area (Å²) in [6, 6.07) is 6.66. The molecule has 1 N–H and O–H groups in total. The molecular formula is C9H6FIN2. The number of H-pyrrole nitrogens is 1. The van der Waals surface area contributed by atoms with Crippen LogP contribution in [0.25, 0.3) is 11.1 Å². The van der Waals surface area contributed by atoms with E-state index in [2.05, 4.69) is 32.8 Å². The Hall–Kier alpha value is -0.910. The molecule has 0 unspecified atom stereocenters. The number of rotatable bonds is 1. The minimum atomic E-state index is -0.221. The second-order valence-corrected chi connectivity index (χ2v) is 3.66. The summed E-state index contributed by atoms with van der Waals surface area (Å²) in [5.74, 6) is -0.221. The number of hydrogen-bond acceptors (Lipinski definition) is 1. The van der Waals surface area contributed by atoms with E-state index < -0.39 is 0 Å². The van der Waals surface area contributed by atoms with Gasteiger partial charge < -0.3 is 0 Å². The van der Waals surface area contributed by atoms with Gasteiger partial charge in [0.1, 0.15) is 9.52 Å². The van der Waals surface area contributed by atoms with Gasteiger partial charge in [-0.05, 0) is 28.7 Å². The fraction of sp³-hybridized carbons (Fsp3) is 0. The summed E-state index contributed by atoms with van der Waals surface area (Å²) in [6.45, 7) is 0. The first kappa shape index (κ1) is 8.68. The maximum atomic E-state index is 13.3. The summed E-state index contributed by atoms with van der Waals surface area (Å²) < 4.78 is 14.1. The summed E-state index contributed by atoms with van der Waals surface area (Å²) in [5.41, 5.74) is 1.39. The van der Waals surface area contributed by atoms with Gasteiger partial charge in [0.05, 0.1) is 6.20 Å². The molecule has 0 radical (unpaired) electrons. The SMILES string of the molecule is Fc1ccccc1-c1cn[nH]c1I. The van der Waals surface area contributed by atoms with Crippen LogP contribution in [0.15, 0.2) is 30.5 Å². The Bertz CT molecular complexity index is 425. The van der Waals surface area contributed by atoms with Crippen molar-refractivity contribution >= 4 is 22.6 Å². The predicted molar refractivity (Wildman–Crippen MR) is 56.7 cm³/mol. The zero-order chi connectivity index (χ0) is 9.26. The van der Waals surface area contributed by atoms with Crippen molar-refractivity contribution in [2.45, 2.75) is 0 Å².